The van der Waals surface area contributed by atoms with E-state index in [2.05, 4.69) is 5.32 Å². The van der Waals surface area contributed by atoms with Crippen LogP contribution in [0.5, 0.6) is 5.75 Å². The largest absolute Gasteiger partial charge is 0.491 e. The van der Waals surface area contributed by atoms with Crippen LogP contribution in [0.25, 0.3) is 0 Å². The summed E-state index contributed by atoms with van der Waals surface area (Å²) in [5, 5.41) is 12.4. The Hall–Kier alpha value is -2.47. The minimum absolute atomic E-state index is 0.00832. The summed E-state index contributed by atoms with van der Waals surface area (Å²) in [6.07, 6.45) is -0.734. The molecular weight excluding hydrogens is 316 g/mol. The van der Waals surface area contributed by atoms with E-state index < -0.39 is 17.7 Å². The molecule has 0 spiro atoms. The SMILES string of the molecule is Cc1ccccc1CC(=O)NCC(O)COc1ccc(F)c(F)c1. The number of hydrogen-bond acceptors (Lipinski definition) is 3. The number of nitrogens with one attached hydrogen (secondary N) is 1. The third kappa shape index (κ3) is 5.31. The van der Waals surface area contributed by atoms with Crippen molar-refractivity contribution in [2.45, 2.75) is 19.4 Å². The van der Waals surface area contributed by atoms with Gasteiger partial charge in [-0.25, -0.2) is 8.78 Å². The Balaban J connectivity index is 1.74. The lowest BCUT2D eigenvalue weighted by molar-refractivity contribution is -0.121. The van der Waals surface area contributed by atoms with Gasteiger partial charge in [-0.1, -0.05) is 24.3 Å². The molecule has 0 aliphatic carbocycles. The molecular formula is C18H19F2NO3. The van der Waals surface area contributed by atoms with Gasteiger partial charge in [-0.2, -0.15) is 0 Å². The third-order valence-electron chi connectivity index (χ3n) is 3.48. The lowest BCUT2D eigenvalue weighted by Crippen LogP contribution is -2.36. The normalized spacial score (nSPS) is 11.8. The number of amides is 1. The van der Waals surface area contributed by atoms with Crippen LogP contribution in [-0.4, -0.2) is 30.3 Å². The van der Waals surface area contributed by atoms with Crippen LogP contribution in [0, 0.1) is 18.6 Å². The number of rotatable bonds is 7. The molecule has 2 N–H and O–H groups in total. The Bertz CT molecular complexity index is 706. The second kappa shape index (κ2) is 8.40. The van der Waals surface area contributed by atoms with E-state index in [9.17, 15) is 18.7 Å². The van der Waals surface area contributed by atoms with Gasteiger partial charge < -0.3 is 15.2 Å². The fourth-order valence-electron chi connectivity index (χ4n) is 2.09. The first-order valence-corrected chi connectivity index (χ1v) is 7.53. The summed E-state index contributed by atoms with van der Waals surface area (Å²) < 4.78 is 31.0. The van der Waals surface area contributed by atoms with E-state index in [-0.39, 0.29) is 31.2 Å². The Kier molecular flexibility index (Phi) is 6.26. The molecule has 4 nitrogen and oxygen atoms in total. The molecule has 1 unspecified atom stereocenters. The lowest BCUT2D eigenvalue weighted by atomic mass is 10.1. The van der Waals surface area contributed by atoms with Crippen molar-refractivity contribution in [2.24, 2.45) is 0 Å². The average molecular weight is 335 g/mol. The van der Waals surface area contributed by atoms with Crippen molar-refractivity contribution < 1.29 is 23.4 Å². The molecule has 2 aromatic carbocycles. The van der Waals surface area contributed by atoms with Crippen LogP contribution < -0.4 is 10.1 Å². The first kappa shape index (κ1) is 17.9. The molecule has 2 rings (SSSR count). The van der Waals surface area contributed by atoms with Gasteiger partial charge in [-0.15, -0.1) is 0 Å². The number of carbonyl (C=O) groups excluding carboxylic acids is 1. The summed E-state index contributed by atoms with van der Waals surface area (Å²) in [7, 11) is 0. The van der Waals surface area contributed by atoms with Crippen LogP contribution >= 0.6 is 0 Å². The van der Waals surface area contributed by atoms with Crippen molar-refractivity contribution in [3.8, 4) is 5.75 Å². The second-order valence-electron chi connectivity index (χ2n) is 5.45. The smallest absolute Gasteiger partial charge is 0.224 e. The molecule has 0 aromatic heterocycles. The predicted molar refractivity (Wildman–Crippen MR) is 85.8 cm³/mol. The van der Waals surface area contributed by atoms with Crippen molar-refractivity contribution in [2.75, 3.05) is 13.2 Å². The Labute approximate surface area is 139 Å². The van der Waals surface area contributed by atoms with Gasteiger partial charge in [0.05, 0.1) is 6.42 Å². The van der Waals surface area contributed by atoms with Gasteiger partial charge in [0.15, 0.2) is 11.6 Å². The molecule has 2 aromatic rings. The zero-order valence-corrected chi connectivity index (χ0v) is 13.3. The van der Waals surface area contributed by atoms with Crippen LogP contribution in [0.1, 0.15) is 11.1 Å². The van der Waals surface area contributed by atoms with Crippen LogP contribution in [0.3, 0.4) is 0 Å². The molecule has 0 heterocycles. The standard InChI is InChI=1S/C18H19F2NO3/c1-12-4-2-3-5-13(12)8-18(23)21-10-14(22)11-24-15-6-7-16(19)17(20)9-15/h2-7,9,14,22H,8,10-11H2,1H3,(H,21,23). The second-order valence-corrected chi connectivity index (χ2v) is 5.45. The molecule has 128 valence electrons. The molecule has 0 fully saturated rings. The van der Waals surface area contributed by atoms with E-state index in [1.165, 1.54) is 6.07 Å². The Morgan fingerprint density at radius 2 is 1.96 bits per heavy atom. The summed E-state index contributed by atoms with van der Waals surface area (Å²) in [5.41, 5.74) is 1.94. The molecule has 0 bridgehead atoms. The lowest BCUT2D eigenvalue weighted by Gasteiger charge is -2.14. The first-order chi connectivity index (χ1) is 11.5. The summed E-state index contributed by atoms with van der Waals surface area (Å²) >= 11 is 0. The van der Waals surface area contributed by atoms with E-state index >= 15 is 0 Å². The molecule has 1 atom stereocenters. The maximum absolute atomic E-state index is 13.0. The number of aliphatic hydroxyl groups excluding tert-OH is 1. The third-order valence-corrected chi connectivity index (χ3v) is 3.48. The molecule has 0 aliphatic heterocycles. The number of benzene rings is 2. The van der Waals surface area contributed by atoms with Gasteiger partial charge >= 0.3 is 0 Å². The maximum Gasteiger partial charge on any atom is 0.224 e. The summed E-state index contributed by atoms with van der Waals surface area (Å²) in [4.78, 5) is 11.9. The van der Waals surface area contributed by atoms with Gasteiger partial charge in [0.1, 0.15) is 18.5 Å². The summed E-state index contributed by atoms with van der Waals surface area (Å²) in [6.45, 7) is 1.79. The van der Waals surface area contributed by atoms with Gasteiger partial charge in [0, 0.05) is 12.6 Å². The molecule has 0 aliphatic rings. The number of halogens is 2. The fraction of sp³-hybridized carbons (Fsp3) is 0.278. The van der Waals surface area contributed by atoms with E-state index in [1.54, 1.807) is 0 Å². The quantitative estimate of drug-likeness (QED) is 0.817. The Morgan fingerprint density at radius 3 is 2.67 bits per heavy atom. The van der Waals surface area contributed by atoms with Crippen molar-refractivity contribution in [1.29, 1.82) is 0 Å². The summed E-state index contributed by atoms with van der Waals surface area (Å²) in [6, 6.07) is 10.7. The highest BCUT2D eigenvalue weighted by molar-refractivity contribution is 5.78. The van der Waals surface area contributed by atoms with E-state index in [0.717, 1.165) is 23.3 Å². The van der Waals surface area contributed by atoms with Crippen molar-refractivity contribution >= 4 is 5.91 Å². The predicted octanol–water partition coefficient (Wildman–Crippen LogP) is 2.37. The van der Waals surface area contributed by atoms with Gasteiger partial charge in [0.25, 0.3) is 0 Å². The van der Waals surface area contributed by atoms with E-state index in [1.807, 2.05) is 31.2 Å². The van der Waals surface area contributed by atoms with E-state index in [4.69, 9.17) is 4.74 Å². The molecule has 0 saturated carbocycles. The van der Waals surface area contributed by atoms with Crippen LogP contribution in [-0.2, 0) is 11.2 Å². The number of aliphatic hydroxyl groups is 1. The highest BCUT2D eigenvalue weighted by atomic mass is 19.2. The number of carbonyl (C=O) groups is 1. The van der Waals surface area contributed by atoms with Crippen LogP contribution in [0.4, 0.5) is 8.78 Å². The molecule has 0 radical (unpaired) electrons. The van der Waals surface area contributed by atoms with Crippen LogP contribution in [0.2, 0.25) is 0 Å². The average Bonchev–Trinajstić information content (AvgIpc) is 2.56. The molecule has 1 amide bonds. The number of hydrogen-bond donors (Lipinski definition) is 2. The van der Waals surface area contributed by atoms with Gasteiger partial charge in [-0.05, 0) is 30.2 Å². The zero-order valence-electron chi connectivity index (χ0n) is 13.3. The highest BCUT2D eigenvalue weighted by Gasteiger charge is 2.10. The number of aryl methyl sites for hydroxylation is 1. The fourth-order valence-corrected chi connectivity index (χ4v) is 2.09. The van der Waals surface area contributed by atoms with Crippen molar-refractivity contribution in [1.82, 2.24) is 5.32 Å². The topological polar surface area (TPSA) is 58.6 Å². The minimum Gasteiger partial charge on any atom is -0.491 e. The van der Waals surface area contributed by atoms with E-state index in [0.29, 0.717) is 0 Å². The first-order valence-electron chi connectivity index (χ1n) is 7.53. The Morgan fingerprint density at radius 1 is 1.21 bits per heavy atom. The molecule has 0 saturated heterocycles. The highest BCUT2D eigenvalue weighted by Crippen LogP contribution is 2.15. The van der Waals surface area contributed by atoms with Crippen molar-refractivity contribution in [3.63, 3.8) is 0 Å². The van der Waals surface area contributed by atoms with Gasteiger partial charge in [0.2, 0.25) is 5.91 Å². The maximum atomic E-state index is 13.0. The summed E-state index contributed by atoms with van der Waals surface area (Å²) in [5.74, 6) is -2.09. The van der Waals surface area contributed by atoms with Crippen molar-refractivity contribution in [3.05, 3.63) is 65.2 Å². The zero-order chi connectivity index (χ0) is 17.5. The van der Waals surface area contributed by atoms with Crippen LogP contribution in [0.15, 0.2) is 42.5 Å². The van der Waals surface area contributed by atoms with Gasteiger partial charge in [-0.3, -0.25) is 4.79 Å². The number of ether oxygens (including phenoxy) is 1. The monoisotopic (exact) mass is 335 g/mol. The minimum atomic E-state index is -1.02. The molecule has 24 heavy (non-hydrogen) atoms. The molecule has 6 heteroatoms.